The number of benzene rings is 4. The number of phenolic OH excluding ortho intramolecular Hbond substituents is 1. The van der Waals surface area contributed by atoms with E-state index in [4.69, 9.17) is 40.9 Å². The van der Waals surface area contributed by atoms with Crippen LogP contribution in [0, 0.1) is 5.92 Å². The molecular weight excluding hydrogens is 1270 g/mol. The fourth-order valence-electron chi connectivity index (χ4n) is 9.99. The Morgan fingerprint density at radius 2 is 1.00 bits per heavy atom. The summed E-state index contributed by atoms with van der Waals surface area (Å²) in [6.45, 7) is 2.00. The highest BCUT2D eigenvalue weighted by atomic mass is 32.1. The number of H-pyrrole nitrogens is 1. The molecule has 1 aromatic heterocycles. The van der Waals surface area contributed by atoms with Gasteiger partial charge in [0.25, 0.3) is 0 Å². The highest BCUT2D eigenvalue weighted by molar-refractivity contribution is 7.82. The molecule has 0 saturated carbocycles. The number of carbonyl (C=O) groups excluding carboxylic acids is 12. The topological polar surface area (TPSA) is 524 Å². The molecule has 0 aliphatic heterocycles. The summed E-state index contributed by atoms with van der Waals surface area (Å²) >= 11 is 5.45. The number of nitrogens with zero attached hydrogens (tertiary/aromatic N) is 1. The number of Topliss-reactive ketones (excluding diaryl/α,β-unsaturated/α-hetero) is 1. The summed E-state index contributed by atoms with van der Waals surface area (Å²) in [5.74, 6) is -11.9. The van der Waals surface area contributed by atoms with Crippen LogP contribution in [0.2, 0.25) is 0 Å². The van der Waals surface area contributed by atoms with Crippen LogP contribution in [0.3, 0.4) is 0 Å². The Bertz CT molecular complexity index is 3610. The van der Waals surface area contributed by atoms with Crippen molar-refractivity contribution < 1.29 is 67.7 Å². The van der Waals surface area contributed by atoms with Crippen molar-refractivity contribution in [2.45, 2.75) is 126 Å². The first-order valence-electron chi connectivity index (χ1n) is 31.0. The van der Waals surface area contributed by atoms with Gasteiger partial charge in [-0.2, -0.15) is 0 Å². The highest BCUT2D eigenvalue weighted by Gasteiger charge is 2.36. The average Bonchev–Trinajstić information content (AvgIpc) is 1.71. The minimum Gasteiger partial charge on any atom is -0.508 e. The normalized spacial score (nSPS) is 14.0. The van der Waals surface area contributed by atoms with E-state index in [0.29, 0.717) is 33.2 Å². The molecule has 32 heteroatoms. The van der Waals surface area contributed by atoms with Gasteiger partial charge >= 0.3 is 0 Å². The van der Waals surface area contributed by atoms with E-state index in [-0.39, 0.29) is 69.1 Å². The third-order valence-corrected chi connectivity index (χ3v) is 15.4. The summed E-state index contributed by atoms with van der Waals surface area (Å²) in [4.78, 5) is 170. The van der Waals surface area contributed by atoms with Gasteiger partial charge in [-0.05, 0) is 72.1 Å². The second-order valence-electron chi connectivity index (χ2n) is 23.2. The van der Waals surface area contributed by atoms with Crippen molar-refractivity contribution in [1.29, 1.82) is 0 Å². The van der Waals surface area contributed by atoms with E-state index >= 15 is 0 Å². The molecule has 97 heavy (non-hydrogen) atoms. The number of para-hydroxylation sites is 1. The molecule has 5 rings (SSSR count). The first kappa shape index (κ1) is 76.8. The van der Waals surface area contributed by atoms with E-state index in [0.717, 1.165) is 0 Å². The monoisotopic (exact) mass is 1360 g/mol. The predicted molar refractivity (Wildman–Crippen MR) is 361 cm³/mol. The Kier molecular flexibility index (Phi) is 30.5. The van der Waals surface area contributed by atoms with Gasteiger partial charge in [0.1, 0.15) is 53.0 Å². The van der Waals surface area contributed by atoms with E-state index in [1.165, 1.54) is 31.3 Å². The Labute approximate surface area is 564 Å². The quantitative estimate of drug-likeness (QED) is 0.00783. The SMILES string of the molecule is CN=C(N)NCCC[C@H](NC(=O)[C@H](CC(C)C)NC(=O)CNC(=S)C(=O)[C@H](Cc1ccccc1)NC(=O)[C@H](CO)NC(=O)[C@H](CC(N)=O)NC(=O)[C@H](Cc1c[nH]c2ccccc12)NC(=O)[C@H](CC(N)=O)NC(=O)[C@H](N)Cc1ccc(O)cc1)C(=O)N[C@@H](Cc1ccccc1)C(N)=O. The van der Waals surface area contributed by atoms with Gasteiger partial charge in [0.15, 0.2) is 5.96 Å². The van der Waals surface area contributed by atoms with Crippen LogP contribution >= 0.6 is 12.2 Å². The number of nitrogens with two attached hydrogens (primary N) is 5. The molecule has 0 aliphatic rings. The molecule has 0 bridgehead atoms. The minimum absolute atomic E-state index is 0.0344. The van der Waals surface area contributed by atoms with Crippen LogP contribution in [0.5, 0.6) is 5.75 Å². The maximum atomic E-state index is 14.5. The lowest BCUT2D eigenvalue weighted by Gasteiger charge is -2.27. The van der Waals surface area contributed by atoms with E-state index in [2.05, 4.69) is 63.1 Å². The molecular formula is C65H85N17O14S. The first-order chi connectivity index (χ1) is 46.1. The number of aromatic hydroxyl groups is 1. The van der Waals surface area contributed by atoms with Crippen molar-refractivity contribution in [2.24, 2.45) is 39.6 Å². The fourth-order valence-corrected chi connectivity index (χ4v) is 10.2. The van der Waals surface area contributed by atoms with Crippen molar-refractivity contribution in [3.8, 4) is 5.75 Å². The van der Waals surface area contributed by atoms with Crippen LogP contribution in [-0.2, 0) is 83.2 Å². The second kappa shape index (κ2) is 38.5. The average molecular weight is 1360 g/mol. The van der Waals surface area contributed by atoms with E-state index in [9.17, 15) is 67.7 Å². The van der Waals surface area contributed by atoms with Crippen LogP contribution in [0.15, 0.2) is 120 Å². The number of aliphatic hydroxyl groups is 1. The van der Waals surface area contributed by atoms with Crippen molar-refractivity contribution in [1.82, 2.24) is 58.2 Å². The van der Waals surface area contributed by atoms with Gasteiger partial charge in [0, 0.05) is 50.0 Å². The number of hydrogen-bond donors (Lipinski definition) is 18. The Morgan fingerprint density at radius 3 is 1.57 bits per heavy atom. The number of ketones is 1. The summed E-state index contributed by atoms with van der Waals surface area (Å²) in [7, 11) is 1.48. The van der Waals surface area contributed by atoms with Gasteiger partial charge in [0.05, 0.1) is 38.1 Å². The lowest BCUT2D eigenvalue weighted by molar-refractivity contribution is -0.136. The smallest absolute Gasteiger partial charge is 0.245 e. The number of guanidine groups is 1. The fraction of sp³-hybridized carbons (Fsp3) is 0.385. The van der Waals surface area contributed by atoms with Crippen molar-refractivity contribution >= 4 is 105 Å². The number of fused-ring (bicyclic) bond motifs is 1. The maximum absolute atomic E-state index is 14.5. The van der Waals surface area contributed by atoms with Gasteiger partial charge in [-0.1, -0.05) is 117 Å². The molecule has 31 nitrogen and oxygen atoms in total. The number of amides is 11. The number of aliphatic imine (C=N–C) groups is 1. The zero-order valence-corrected chi connectivity index (χ0v) is 54.6. The second-order valence-corrected chi connectivity index (χ2v) is 23.7. The predicted octanol–water partition coefficient (Wildman–Crippen LogP) is -3.58. The van der Waals surface area contributed by atoms with Crippen molar-refractivity contribution in [3.63, 3.8) is 0 Å². The summed E-state index contributed by atoms with van der Waals surface area (Å²) in [6, 6.07) is 16.1. The molecule has 0 aliphatic carbocycles. The highest BCUT2D eigenvalue weighted by Crippen LogP contribution is 2.20. The molecule has 1 heterocycles. The van der Waals surface area contributed by atoms with Gasteiger partial charge in [-0.3, -0.25) is 62.5 Å². The zero-order chi connectivity index (χ0) is 71.3. The molecule has 5 aromatic rings. The number of aliphatic hydroxyl groups excluding tert-OH is 1. The van der Waals surface area contributed by atoms with Crippen molar-refractivity contribution in [2.75, 3.05) is 26.7 Å². The molecule has 0 fully saturated rings. The number of aromatic nitrogens is 1. The molecule has 0 spiro atoms. The molecule has 4 aromatic carbocycles. The number of aromatic amines is 1. The molecule has 0 saturated heterocycles. The minimum atomic E-state index is -1.91. The lowest BCUT2D eigenvalue weighted by atomic mass is 10.0. The van der Waals surface area contributed by atoms with E-state index in [1.54, 1.807) is 105 Å². The number of thiocarbonyl (C=S) groups is 1. The largest absolute Gasteiger partial charge is 0.508 e. The summed E-state index contributed by atoms with van der Waals surface area (Å²) < 4.78 is 0. The van der Waals surface area contributed by atoms with Crippen LogP contribution in [-0.4, -0.2) is 178 Å². The third kappa shape index (κ3) is 25.8. The lowest BCUT2D eigenvalue weighted by Crippen LogP contribution is -2.61. The van der Waals surface area contributed by atoms with Crippen molar-refractivity contribution in [3.05, 3.63) is 138 Å². The zero-order valence-electron chi connectivity index (χ0n) is 53.8. The number of nitrogens with one attached hydrogen (secondary N) is 11. The molecule has 0 unspecified atom stereocenters. The van der Waals surface area contributed by atoms with Gasteiger partial charge in [0.2, 0.25) is 70.8 Å². The maximum Gasteiger partial charge on any atom is 0.245 e. The molecule has 520 valence electrons. The Morgan fingerprint density at radius 1 is 0.526 bits per heavy atom. The molecule has 23 N–H and O–H groups in total. The van der Waals surface area contributed by atoms with E-state index < -0.39 is 156 Å². The Hall–Kier alpha value is -10.9. The number of carbonyl (C=O) groups is 12. The Balaban J connectivity index is 1.30. The summed E-state index contributed by atoms with van der Waals surface area (Å²) in [5.41, 5.74) is 31.5. The van der Waals surface area contributed by atoms with Gasteiger partial charge < -0.3 is 97.0 Å². The van der Waals surface area contributed by atoms with Crippen LogP contribution in [0.25, 0.3) is 10.9 Å². The number of rotatable bonds is 39. The van der Waals surface area contributed by atoms with Gasteiger partial charge in [-0.25, -0.2) is 0 Å². The molecule has 0 radical (unpaired) electrons. The number of primary amides is 3. The van der Waals surface area contributed by atoms with E-state index in [1.807, 2.05) is 0 Å². The molecule has 11 amide bonds. The first-order valence-corrected chi connectivity index (χ1v) is 31.4. The standard InChI is InChI=1S/C65H85N17O14S/c1-35(2)25-47(59(92)76-44(19-12-24-72-65(70)71-3)58(91)78-46(56(69)89)28-37-15-8-5-9-16-37)75-54(87)33-74-64(97)55(88)45(27-36-13-6-4-7-14-36)77-63(96)51(34-83)82-62(95)50(31-53(68)86)81-60(93)48(29-39-32-73-43-18-11-10-17-41(39)43)80-61(94)49(30-52(67)85)79-57(90)42(66)26-38-20-22-40(84)23-21-38/h4-11,13-18,20-23,32,35,42,44-51,73,83-84H,12,19,24-31,33-34,66H2,1-3H3,(H2,67,85)(H2,68,86)(H2,69,89)(H,74,97)(H,75,87)(H,76,92)(H,77,96)(H,78,91)(H,79,90)(H,80,94)(H,81,93)(H,82,95)(H3,70,71,72)/t42-,44+,45+,46+,47+,48+,49+,50+,51+/m1/s1. The van der Waals surface area contributed by atoms with Crippen LogP contribution in [0.4, 0.5) is 0 Å². The molecule has 9 atom stereocenters. The summed E-state index contributed by atoms with van der Waals surface area (Å²) in [5, 5.41) is 46.2. The van der Waals surface area contributed by atoms with Crippen LogP contribution < -0.4 is 81.8 Å². The number of hydrogen-bond acceptors (Lipinski definition) is 17. The van der Waals surface area contributed by atoms with Crippen LogP contribution in [0.1, 0.15) is 68.2 Å². The van der Waals surface area contributed by atoms with Gasteiger partial charge in [-0.15, -0.1) is 0 Å². The number of phenols is 1. The summed E-state index contributed by atoms with van der Waals surface area (Å²) in [6.07, 6.45) is -0.298. The third-order valence-electron chi connectivity index (χ3n) is 15.1.